The molecule has 1 N–H and O–H groups in total. The van der Waals surface area contributed by atoms with Crippen LogP contribution in [0.1, 0.15) is 24.2 Å². The fraction of sp³-hybridized carbons (Fsp3) is 0.188. The molecule has 0 aromatic heterocycles. The highest BCUT2D eigenvalue weighted by Crippen LogP contribution is 2.26. The number of hydrogen-bond acceptors (Lipinski definition) is 3. The van der Waals surface area contributed by atoms with Crippen LogP contribution in [-0.2, 0) is 10.0 Å². The van der Waals surface area contributed by atoms with Gasteiger partial charge >= 0.3 is 5.97 Å². The summed E-state index contributed by atoms with van der Waals surface area (Å²) in [6.07, 6.45) is 0. The summed E-state index contributed by atoms with van der Waals surface area (Å²) in [6.45, 7) is 3.54. The standard InChI is InChI=1S/C16H17NO4S/c1-12(2)17(14-8-4-3-5-9-14)22(20,21)15-10-6-7-13(11-15)16(18)19/h3-12H,1-2H3,(H,18,19). The van der Waals surface area contributed by atoms with Gasteiger partial charge in [0.05, 0.1) is 16.1 Å². The Labute approximate surface area is 129 Å². The quantitative estimate of drug-likeness (QED) is 0.919. The van der Waals surface area contributed by atoms with Crippen molar-refractivity contribution in [1.82, 2.24) is 0 Å². The summed E-state index contributed by atoms with van der Waals surface area (Å²) in [7, 11) is -3.84. The zero-order chi connectivity index (χ0) is 16.3. The average molecular weight is 319 g/mol. The predicted molar refractivity (Wildman–Crippen MR) is 84.6 cm³/mol. The minimum Gasteiger partial charge on any atom is -0.478 e. The highest BCUT2D eigenvalue weighted by molar-refractivity contribution is 7.92. The smallest absolute Gasteiger partial charge is 0.335 e. The van der Waals surface area contributed by atoms with Gasteiger partial charge in [0, 0.05) is 6.04 Å². The van der Waals surface area contributed by atoms with Gasteiger partial charge in [0.2, 0.25) is 0 Å². The highest BCUT2D eigenvalue weighted by atomic mass is 32.2. The van der Waals surface area contributed by atoms with Crippen LogP contribution in [0.3, 0.4) is 0 Å². The van der Waals surface area contributed by atoms with E-state index in [1.807, 2.05) is 0 Å². The monoisotopic (exact) mass is 319 g/mol. The van der Waals surface area contributed by atoms with Gasteiger partial charge in [0.1, 0.15) is 0 Å². The minimum atomic E-state index is -3.84. The van der Waals surface area contributed by atoms with Crippen molar-refractivity contribution in [1.29, 1.82) is 0 Å². The number of anilines is 1. The zero-order valence-corrected chi connectivity index (χ0v) is 13.1. The Morgan fingerprint density at radius 2 is 1.68 bits per heavy atom. The summed E-state index contributed by atoms with van der Waals surface area (Å²) < 4.78 is 27.0. The van der Waals surface area contributed by atoms with Gasteiger partial charge in [0.15, 0.2) is 0 Å². The van der Waals surface area contributed by atoms with E-state index in [0.717, 1.165) is 0 Å². The van der Waals surface area contributed by atoms with Crippen LogP contribution in [0.15, 0.2) is 59.5 Å². The number of aromatic carboxylic acids is 1. The second-order valence-electron chi connectivity index (χ2n) is 5.06. The number of nitrogens with zero attached hydrogens (tertiary/aromatic N) is 1. The second-order valence-corrected chi connectivity index (χ2v) is 6.88. The normalized spacial score (nSPS) is 11.4. The molecule has 0 fully saturated rings. The Morgan fingerprint density at radius 1 is 1.05 bits per heavy atom. The van der Waals surface area contributed by atoms with E-state index in [9.17, 15) is 13.2 Å². The third kappa shape index (κ3) is 3.12. The van der Waals surface area contributed by atoms with Gasteiger partial charge in [-0.05, 0) is 44.2 Å². The van der Waals surface area contributed by atoms with Gasteiger partial charge in [-0.3, -0.25) is 4.31 Å². The molecule has 6 heteroatoms. The molecular weight excluding hydrogens is 302 g/mol. The molecule has 0 aliphatic rings. The van der Waals surface area contributed by atoms with Gasteiger partial charge in [0.25, 0.3) is 10.0 Å². The van der Waals surface area contributed by atoms with Crippen molar-refractivity contribution >= 4 is 21.7 Å². The van der Waals surface area contributed by atoms with Gasteiger partial charge in [-0.2, -0.15) is 0 Å². The van der Waals surface area contributed by atoms with Crippen LogP contribution in [0.25, 0.3) is 0 Å². The van der Waals surface area contributed by atoms with E-state index in [0.29, 0.717) is 5.69 Å². The van der Waals surface area contributed by atoms with E-state index in [-0.39, 0.29) is 16.5 Å². The van der Waals surface area contributed by atoms with Crippen LogP contribution in [0.4, 0.5) is 5.69 Å². The number of benzene rings is 2. The lowest BCUT2D eigenvalue weighted by Crippen LogP contribution is -2.37. The summed E-state index contributed by atoms with van der Waals surface area (Å²) in [4.78, 5) is 11.0. The SMILES string of the molecule is CC(C)N(c1ccccc1)S(=O)(=O)c1cccc(C(=O)O)c1. The van der Waals surface area contributed by atoms with Gasteiger partial charge < -0.3 is 5.11 Å². The lowest BCUT2D eigenvalue weighted by Gasteiger charge is -2.28. The molecular formula is C16H17NO4S. The average Bonchev–Trinajstić information content (AvgIpc) is 2.48. The Balaban J connectivity index is 2.56. The van der Waals surface area contributed by atoms with E-state index in [4.69, 9.17) is 5.11 Å². The van der Waals surface area contributed by atoms with Crippen LogP contribution in [0, 0.1) is 0 Å². The first-order valence-corrected chi connectivity index (χ1v) is 8.21. The van der Waals surface area contributed by atoms with E-state index in [2.05, 4.69) is 0 Å². The number of sulfonamides is 1. The molecule has 116 valence electrons. The highest BCUT2D eigenvalue weighted by Gasteiger charge is 2.27. The third-order valence-electron chi connectivity index (χ3n) is 3.12. The number of rotatable bonds is 5. The first-order valence-electron chi connectivity index (χ1n) is 6.77. The van der Waals surface area contributed by atoms with Crippen LogP contribution in [0.5, 0.6) is 0 Å². The number of carboxylic acids is 1. The van der Waals surface area contributed by atoms with E-state index in [1.165, 1.54) is 28.6 Å². The summed E-state index contributed by atoms with van der Waals surface area (Å²) >= 11 is 0. The molecule has 0 atom stereocenters. The first-order chi connectivity index (χ1) is 10.3. The molecule has 0 amide bonds. The van der Waals surface area contributed by atoms with E-state index in [1.54, 1.807) is 44.2 Å². The van der Waals surface area contributed by atoms with Gasteiger partial charge in [-0.25, -0.2) is 13.2 Å². The van der Waals surface area contributed by atoms with Crippen molar-refractivity contribution in [3.8, 4) is 0 Å². The molecule has 2 rings (SSSR count). The number of para-hydroxylation sites is 1. The predicted octanol–water partition coefficient (Wildman–Crippen LogP) is 2.99. The molecule has 5 nitrogen and oxygen atoms in total. The lowest BCUT2D eigenvalue weighted by molar-refractivity contribution is 0.0696. The summed E-state index contributed by atoms with van der Waals surface area (Å²) in [6, 6.07) is 13.8. The zero-order valence-electron chi connectivity index (χ0n) is 12.3. The fourth-order valence-corrected chi connectivity index (χ4v) is 3.90. The molecule has 0 aliphatic carbocycles. The van der Waals surface area contributed by atoms with E-state index >= 15 is 0 Å². The fourth-order valence-electron chi connectivity index (χ4n) is 2.19. The number of carbonyl (C=O) groups is 1. The Bertz CT molecular complexity index is 770. The Morgan fingerprint density at radius 3 is 2.23 bits per heavy atom. The lowest BCUT2D eigenvalue weighted by atomic mass is 10.2. The Kier molecular flexibility index (Phi) is 4.51. The maximum Gasteiger partial charge on any atom is 0.335 e. The van der Waals surface area contributed by atoms with Crippen LogP contribution in [0.2, 0.25) is 0 Å². The topological polar surface area (TPSA) is 74.7 Å². The molecule has 0 saturated carbocycles. The second kappa shape index (κ2) is 6.19. The summed E-state index contributed by atoms with van der Waals surface area (Å²) in [5, 5.41) is 9.03. The van der Waals surface area contributed by atoms with Crippen LogP contribution in [-0.4, -0.2) is 25.5 Å². The van der Waals surface area contributed by atoms with Crippen LogP contribution < -0.4 is 4.31 Å². The number of carboxylic acid groups (broad SMARTS) is 1. The first kappa shape index (κ1) is 16.0. The maximum absolute atomic E-state index is 12.9. The maximum atomic E-state index is 12.9. The molecule has 0 saturated heterocycles. The van der Waals surface area contributed by atoms with Crippen molar-refractivity contribution < 1.29 is 18.3 Å². The summed E-state index contributed by atoms with van der Waals surface area (Å²) in [5.41, 5.74) is 0.482. The number of hydrogen-bond donors (Lipinski definition) is 1. The largest absolute Gasteiger partial charge is 0.478 e. The third-order valence-corrected chi connectivity index (χ3v) is 5.12. The van der Waals surface area contributed by atoms with Crippen molar-refractivity contribution in [3.63, 3.8) is 0 Å². The van der Waals surface area contributed by atoms with Crippen LogP contribution >= 0.6 is 0 Å². The molecule has 0 spiro atoms. The van der Waals surface area contributed by atoms with Crippen molar-refractivity contribution in [2.75, 3.05) is 4.31 Å². The van der Waals surface area contributed by atoms with Crippen molar-refractivity contribution in [2.24, 2.45) is 0 Å². The van der Waals surface area contributed by atoms with Gasteiger partial charge in [-0.15, -0.1) is 0 Å². The summed E-state index contributed by atoms with van der Waals surface area (Å²) in [5.74, 6) is -1.16. The minimum absolute atomic E-state index is 0.0371. The van der Waals surface area contributed by atoms with Crippen molar-refractivity contribution in [2.45, 2.75) is 24.8 Å². The molecule has 22 heavy (non-hydrogen) atoms. The molecule has 2 aromatic carbocycles. The molecule has 0 radical (unpaired) electrons. The molecule has 0 heterocycles. The molecule has 0 bridgehead atoms. The molecule has 2 aromatic rings. The van der Waals surface area contributed by atoms with Crippen molar-refractivity contribution in [3.05, 3.63) is 60.2 Å². The molecule has 0 aliphatic heterocycles. The van der Waals surface area contributed by atoms with Gasteiger partial charge in [-0.1, -0.05) is 24.3 Å². The van der Waals surface area contributed by atoms with E-state index < -0.39 is 16.0 Å². The Hall–Kier alpha value is -2.34. The molecule has 0 unspecified atom stereocenters.